The summed E-state index contributed by atoms with van der Waals surface area (Å²) in [6.45, 7) is 3.40. The molecule has 0 spiro atoms. The van der Waals surface area contributed by atoms with Crippen molar-refractivity contribution in [2.45, 2.75) is 37.6 Å². The molecule has 0 bridgehead atoms. The van der Waals surface area contributed by atoms with E-state index < -0.39 is 0 Å². The zero-order valence-corrected chi connectivity index (χ0v) is 15.6. The predicted octanol–water partition coefficient (Wildman–Crippen LogP) is 2.86. The van der Waals surface area contributed by atoms with Crippen molar-refractivity contribution in [3.63, 3.8) is 0 Å². The Balaban J connectivity index is 1.28. The van der Waals surface area contributed by atoms with Crippen LogP contribution in [0.15, 0.2) is 53.5 Å². The summed E-state index contributed by atoms with van der Waals surface area (Å²) in [4.78, 5) is 30.8. The number of rotatable bonds is 3. The monoisotopic (exact) mass is 365 g/mol. The first kappa shape index (κ1) is 18.0. The Morgan fingerprint density at radius 3 is 2.22 bits per heavy atom. The second kappa shape index (κ2) is 8.09. The van der Waals surface area contributed by atoms with Crippen LogP contribution in [-0.4, -0.2) is 52.9 Å². The van der Waals surface area contributed by atoms with Crippen LogP contribution in [0.25, 0.3) is 0 Å². The Morgan fingerprint density at radius 1 is 0.889 bits per heavy atom. The topological polar surface area (TPSA) is 56.4 Å². The second-order valence-corrected chi connectivity index (χ2v) is 7.69. The Kier molecular flexibility index (Phi) is 5.39. The molecule has 1 amide bonds. The highest BCUT2D eigenvalue weighted by molar-refractivity contribution is 5.93. The number of hydrogen-bond acceptors (Lipinski definition) is 3. The zero-order valence-electron chi connectivity index (χ0n) is 15.6. The van der Waals surface area contributed by atoms with Crippen LogP contribution in [0, 0.1) is 0 Å². The Morgan fingerprint density at radius 2 is 1.59 bits per heavy atom. The Bertz CT molecular complexity index is 796. The normalized spacial score (nSPS) is 23.9. The summed E-state index contributed by atoms with van der Waals surface area (Å²) in [5.41, 5.74) is 1.86. The van der Waals surface area contributed by atoms with E-state index in [2.05, 4.69) is 40.2 Å². The van der Waals surface area contributed by atoms with Gasteiger partial charge in [0.1, 0.15) is 0 Å². The van der Waals surface area contributed by atoms with Crippen LogP contribution in [0.2, 0.25) is 0 Å². The van der Waals surface area contributed by atoms with Crippen molar-refractivity contribution in [3.8, 4) is 0 Å². The van der Waals surface area contributed by atoms with Gasteiger partial charge < -0.3 is 9.88 Å². The molecule has 5 nitrogen and oxygen atoms in total. The quantitative estimate of drug-likeness (QED) is 0.910. The van der Waals surface area contributed by atoms with Crippen molar-refractivity contribution in [3.05, 3.63) is 70.1 Å². The van der Waals surface area contributed by atoms with E-state index in [1.807, 2.05) is 4.90 Å². The van der Waals surface area contributed by atoms with Gasteiger partial charge >= 0.3 is 0 Å². The molecule has 1 saturated heterocycles. The molecule has 0 atom stereocenters. The summed E-state index contributed by atoms with van der Waals surface area (Å²) >= 11 is 0. The third-order valence-corrected chi connectivity index (χ3v) is 6.12. The van der Waals surface area contributed by atoms with Gasteiger partial charge in [-0.05, 0) is 43.2 Å². The number of pyridine rings is 1. The first-order valence-corrected chi connectivity index (χ1v) is 9.98. The molecule has 0 radical (unpaired) electrons. The number of amides is 1. The van der Waals surface area contributed by atoms with Crippen LogP contribution in [0.5, 0.6) is 0 Å². The molecule has 1 N–H and O–H groups in total. The van der Waals surface area contributed by atoms with Gasteiger partial charge in [0.25, 0.3) is 5.91 Å². The molecule has 2 fully saturated rings. The van der Waals surface area contributed by atoms with Crippen LogP contribution in [0.1, 0.15) is 47.5 Å². The highest BCUT2D eigenvalue weighted by Gasteiger charge is 2.30. The fourth-order valence-electron chi connectivity index (χ4n) is 4.52. The molecule has 5 heteroatoms. The predicted molar refractivity (Wildman–Crippen MR) is 106 cm³/mol. The average molecular weight is 365 g/mol. The molecule has 4 rings (SSSR count). The Hall–Kier alpha value is -2.40. The number of nitrogens with one attached hydrogen (secondary N) is 1. The maximum absolute atomic E-state index is 12.6. The first-order valence-electron chi connectivity index (χ1n) is 9.98. The number of H-pyrrole nitrogens is 1. The van der Waals surface area contributed by atoms with Crippen LogP contribution in [0.3, 0.4) is 0 Å². The highest BCUT2D eigenvalue weighted by atomic mass is 16.2. The standard InChI is InChI=1S/C22H27N3O2/c26-21-11-8-19(16-23-21)22(27)25-14-12-24(13-15-25)20-9-6-18(7-10-20)17-4-2-1-3-5-17/h1-5,8,11,16,18,20H,6-7,9-10,12-15H2,(H,23,26). The van der Waals surface area contributed by atoms with E-state index in [1.54, 1.807) is 6.07 Å². The van der Waals surface area contributed by atoms with E-state index in [4.69, 9.17) is 0 Å². The summed E-state index contributed by atoms with van der Waals surface area (Å²) in [6, 6.07) is 14.5. The third-order valence-electron chi connectivity index (χ3n) is 6.12. The van der Waals surface area contributed by atoms with Crippen LogP contribution < -0.4 is 5.56 Å². The molecule has 2 heterocycles. The fraction of sp³-hybridized carbons (Fsp3) is 0.455. The summed E-state index contributed by atoms with van der Waals surface area (Å²) in [5, 5.41) is 0. The lowest BCUT2D eigenvalue weighted by Gasteiger charge is -2.42. The van der Waals surface area contributed by atoms with Crippen LogP contribution in [0.4, 0.5) is 0 Å². The van der Waals surface area contributed by atoms with Crippen molar-refractivity contribution in [1.82, 2.24) is 14.8 Å². The maximum Gasteiger partial charge on any atom is 0.255 e. The molecular formula is C22H27N3O2. The number of benzene rings is 1. The van der Waals surface area contributed by atoms with E-state index in [0.717, 1.165) is 26.2 Å². The van der Waals surface area contributed by atoms with Gasteiger partial charge in [0.15, 0.2) is 0 Å². The summed E-state index contributed by atoms with van der Waals surface area (Å²) in [5.74, 6) is 0.712. The number of carbonyl (C=O) groups is 1. The van der Waals surface area contributed by atoms with E-state index in [-0.39, 0.29) is 11.5 Å². The molecule has 1 aliphatic heterocycles. The number of carbonyl (C=O) groups excluding carboxylic acids is 1. The smallest absolute Gasteiger partial charge is 0.255 e. The largest absolute Gasteiger partial charge is 0.336 e. The molecule has 1 aromatic heterocycles. The minimum absolute atomic E-state index is 0.0127. The van der Waals surface area contributed by atoms with Crippen LogP contribution in [-0.2, 0) is 0 Å². The van der Waals surface area contributed by atoms with Gasteiger partial charge in [-0.1, -0.05) is 30.3 Å². The number of piperazine rings is 1. The van der Waals surface area contributed by atoms with Gasteiger partial charge in [-0.15, -0.1) is 0 Å². The minimum Gasteiger partial charge on any atom is -0.336 e. The van der Waals surface area contributed by atoms with Crippen molar-refractivity contribution in [2.24, 2.45) is 0 Å². The maximum atomic E-state index is 12.6. The van der Waals surface area contributed by atoms with Crippen molar-refractivity contribution in [1.29, 1.82) is 0 Å². The molecule has 1 aromatic carbocycles. The van der Waals surface area contributed by atoms with Gasteiger partial charge in [0.2, 0.25) is 5.56 Å². The van der Waals surface area contributed by atoms with E-state index in [0.29, 0.717) is 17.5 Å². The zero-order chi connectivity index (χ0) is 18.6. The molecule has 0 unspecified atom stereocenters. The summed E-state index contributed by atoms with van der Waals surface area (Å²) in [6.07, 6.45) is 6.51. The lowest BCUT2D eigenvalue weighted by molar-refractivity contribution is 0.0514. The molecule has 142 valence electrons. The molecule has 2 aromatic rings. The number of aromatic amines is 1. The molecule has 27 heavy (non-hydrogen) atoms. The van der Waals surface area contributed by atoms with Crippen molar-refractivity contribution >= 4 is 5.91 Å². The van der Waals surface area contributed by atoms with Gasteiger partial charge in [0, 0.05) is 44.5 Å². The molecular weight excluding hydrogens is 338 g/mol. The van der Waals surface area contributed by atoms with Crippen molar-refractivity contribution in [2.75, 3.05) is 26.2 Å². The Labute approximate surface area is 160 Å². The van der Waals surface area contributed by atoms with Crippen LogP contribution >= 0.6 is 0 Å². The van der Waals surface area contributed by atoms with E-state index >= 15 is 0 Å². The highest BCUT2D eigenvalue weighted by Crippen LogP contribution is 2.34. The lowest BCUT2D eigenvalue weighted by atomic mass is 9.81. The van der Waals surface area contributed by atoms with Gasteiger partial charge in [-0.2, -0.15) is 0 Å². The van der Waals surface area contributed by atoms with Gasteiger partial charge in [0.05, 0.1) is 5.56 Å². The van der Waals surface area contributed by atoms with E-state index in [1.165, 1.54) is 43.5 Å². The average Bonchev–Trinajstić information content (AvgIpc) is 2.75. The van der Waals surface area contributed by atoms with Gasteiger partial charge in [-0.3, -0.25) is 14.5 Å². The third kappa shape index (κ3) is 4.14. The number of aromatic nitrogens is 1. The SMILES string of the molecule is O=C(c1ccc(=O)[nH]c1)N1CCN(C2CCC(c3ccccc3)CC2)CC1. The first-order chi connectivity index (χ1) is 13.2. The molecule has 1 saturated carbocycles. The molecule has 2 aliphatic rings. The van der Waals surface area contributed by atoms with Gasteiger partial charge in [-0.25, -0.2) is 0 Å². The number of nitrogens with zero attached hydrogens (tertiary/aromatic N) is 2. The summed E-state index contributed by atoms with van der Waals surface area (Å²) in [7, 11) is 0. The fourth-order valence-corrected chi connectivity index (χ4v) is 4.52. The number of hydrogen-bond donors (Lipinski definition) is 1. The minimum atomic E-state index is -0.178. The molecule has 1 aliphatic carbocycles. The van der Waals surface area contributed by atoms with Crippen molar-refractivity contribution < 1.29 is 4.79 Å². The lowest BCUT2D eigenvalue weighted by Crippen LogP contribution is -2.52. The summed E-state index contributed by atoms with van der Waals surface area (Å²) < 4.78 is 0. The van der Waals surface area contributed by atoms with E-state index in [9.17, 15) is 9.59 Å². The second-order valence-electron chi connectivity index (χ2n) is 7.69.